The summed E-state index contributed by atoms with van der Waals surface area (Å²) in [6.07, 6.45) is 0.549. The number of hydrogen-bond donors (Lipinski definition) is 1. The Bertz CT molecular complexity index is 416. The fraction of sp³-hybridized carbons (Fsp3) is 0.533. The fourth-order valence-electron chi connectivity index (χ4n) is 1.69. The number of benzene rings is 1. The van der Waals surface area contributed by atoms with Crippen LogP contribution in [-0.2, 0) is 4.79 Å². The Labute approximate surface area is 115 Å². The Hall–Kier alpha value is -1.71. The van der Waals surface area contributed by atoms with E-state index < -0.39 is 0 Å². The second kappa shape index (κ2) is 7.67. The van der Waals surface area contributed by atoms with Crippen molar-refractivity contribution in [2.45, 2.75) is 27.2 Å². The lowest BCUT2D eigenvalue weighted by Gasteiger charge is -2.12. The molecule has 0 aliphatic rings. The first-order valence-electron chi connectivity index (χ1n) is 6.57. The lowest BCUT2D eigenvalue weighted by molar-refractivity contribution is -0.121. The molecule has 0 spiro atoms. The normalized spacial score (nSPS) is 10.4. The predicted molar refractivity (Wildman–Crippen MR) is 75.7 cm³/mol. The summed E-state index contributed by atoms with van der Waals surface area (Å²) in [6.45, 7) is 6.98. The summed E-state index contributed by atoms with van der Waals surface area (Å²) in [4.78, 5) is 11.4. The number of aryl methyl sites for hydroxylation is 1. The summed E-state index contributed by atoms with van der Waals surface area (Å²) in [5.41, 5.74) is 1.12. The van der Waals surface area contributed by atoms with Crippen molar-refractivity contribution < 1.29 is 14.3 Å². The van der Waals surface area contributed by atoms with E-state index in [1.807, 2.05) is 39.0 Å². The second-order valence-electron chi connectivity index (χ2n) is 4.95. The molecule has 1 aromatic carbocycles. The number of methoxy groups -OCH3 is 1. The van der Waals surface area contributed by atoms with E-state index in [-0.39, 0.29) is 5.91 Å². The standard InChI is InChI=1S/C15H23NO3/c1-11(2)9-15(17)16-7-8-19-13-6-5-12(3)10-14(13)18-4/h5-6,10-11H,7-9H2,1-4H3,(H,16,17). The molecule has 0 aromatic heterocycles. The summed E-state index contributed by atoms with van der Waals surface area (Å²) in [5.74, 6) is 1.85. The quantitative estimate of drug-likeness (QED) is 0.771. The molecule has 1 rings (SSSR count). The van der Waals surface area contributed by atoms with Crippen molar-refractivity contribution in [3.8, 4) is 11.5 Å². The highest BCUT2D eigenvalue weighted by Crippen LogP contribution is 2.27. The largest absolute Gasteiger partial charge is 0.493 e. The van der Waals surface area contributed by atoms with Crippen LogP contribution in [0, 0.1) is 12.8 Å². The molecule has 0 radical (unpaired) electrons. The molecule has 0 aliphatic carbocycles. The van der Waals surface area contributed by atoms with Gasteiger partial charge in [0.05, 0.1) is 13.7 Å². The molecule has 0 saturated heterocycles. The zero-order valence-electron chi connectivity index (χ0n) is 12.2. The summed E-state index contributed by atoms with van der Waals surface area (Å²) < 4.78 is 10.8. The van der Waals surface area contributed by atoms with E-state index in [9.17, 15) is 4.79 Å². The number of rotatable bonds is 7. The fourth-order valence-corrected chi connectivity index (χ4v) is 1.69. The van der Waals surface area contributed by atoms with Crippen LogP contribution in [0.1, 0.15) is 25.8 Å². The van der Waals surface area contributed by atoms with E-state index in [0.29, 0.717) is 37.0 Å². The van der Waals surface area contributed by atoms with Crippen LogP contribution in [0.15, 0.2) is 18.2 Å². The molecule has 4 heteroatoms. The monoisotopic (exact) mass is 265 g/mol. The highest BCUT2D eigenvalue weighted by atomic mass is 16.5. The minimum absolute atomic E-state index is 0.0643. The van der Waals surface area contributed by atoms with Gasteiger partial charge in [-0.15, -0.1) is 0 Å². The van der Waals surface area contributed by atoms with Crippen LogP contribution in [0.3, 0.4) is 0 Å². The van der Waals surface area contributed by atoms with Crippen molar-refractivity contribution in [2.75, 3.05) is 20.3 Å². The zero-order valence-corrected chi connectivity index (χ0v) is 12.2. The molecule has 0 saturated carbocycles. The Morgan fingerprint density at radius 3 is 2.68 bits per heavy atom. The molecule has 0 bridgehead atoms. The Morgan fingerprint density at radius 1 is 1.32 bits per heavy atom. The molecule has 0 aliphatic heterocycles. The van der Waals surface area contributed by atoms with Gasteiger partial charge in [-0.1, -0.05) is 19.9 Å². The van der Waals surface area contributed by atoms with E-state index in [0.717, 1.165) is 5.56 Å². The van der Waals surface area contributed by atoms with Gasteiger partial charge in [0.25, 0.3) is 0 Å². The van der Waals surface area contributed by atoms with E-state index in [4.69, 9.17) is 9.47 Å². The van der Waals surface area contributed by atoms with Gasteiger partial charge in [-0.2, -0.15) is 0 Å². The average molecular weight is 265 g/mol. The molecule has 1 N–H and O–H groups in total. The maximum absolute atomic E-state index is 11.4. The highest BCUT2D eigenvalue weighted by Gasteiger charge is 2.06. The van der Waals surface area contributed by atoms with E-state index >= 15 is 0 Å². The Kier molecular flexibility index (Phi) is 6.19. The SMILES string of the molecule is COc1cc(C)ccc1OCCNC(=O)CC(C)C. The van der Waals surface area contributed by atoms with Crippen molar-refractivity contribution in [3.05, 3.63) is 23.8 Å². The van der Waals surface area contributed by atoms with Gasteiger partial charge in [0.1, 0.15) is 6.61 Å². The molecule has 0 fully saturated rings. The van der Waals surface area contributed by atoms with Crippen LogP contribution in [-0.4, -0.2) is 26.2 Å². The number of ether oxygens (including phenoxy) is 2. The van der Waals surface area contributed by atoms with Crippen molar-refractivity contribution >= 4 is 5.91 Å². The van der Waals surface area contributed by atoms with Crippen LogP contribution in [0.25, 0.3) is 0 Å². The maximum atomic E-state index is 11.4. The third kappa shape index (κ3) is 5.64. The van der Waals surface area contributed by atoms with Gasteiger partial charge >= 0.3 is 0 Å². The molecule has 19 heavy (non-hydrogen) atoms. The van der Waals surface area contributed by atoms with Crippen molar-refractivity contribution in [1.82, 2.24) is 5.32 Å². The van der Waals surface area contributed by atoms with E-state index in [1.165, 1.54) is 0 Å². The molecule has 4 nitrogen and oxygen atoms in total. The topological polar surface area (TPSA) is 47.6 Å². The van der Waals surface area contributed by atoms with Crippen LogP contribution in [0.4, 0.5) is 0 Å². The molecule has 0 atom stereocenters. The van der Waals surface area contributed by atoms with Crippen LogP contribution < -0.4 is 14.8 Å². The van der Waals surface area contributed by atoms with Gasteiger partial charge in [0, 0.05) is 6.42 Å². The third-order valence-corrected chi connectivity index (χ3v) is 2.59. The van der Waals surface area contributed by atoms with Gasteiger partial charge in [-0.25, -0.2) is 0 Å². The Morgan fingerprint density at radius 2 is 2.05 bits per heavy atom. The summed E-state index contributed by atoms with van der Waals surface area (Å²) in [6, 6.07) is 5.77. The van der Waals surface area contributed by atoms with Crippen molar-refractivity contribution in [3.63, 3.8) is 0 Å². The average Bonchev–Trinajstić information content (AvgIpc) is 2.35. The van der Waals surface area contributed by atoms with E-state index in [1.54, 1.807) is 7.11 Å². The summed E-state index contributed by atoms with van der Waals surface area (Å²) in [7, 11) is 1.62. The smallest absolute Gasteiger partial charge is 0.220 e. The van der Waals surface area contributed by atoms with Gasteiger partial charge < -0.3 is 14.8 Å². The molecule has 1 aromatic rings. The predicted octanol–water partition coefficient (Wildman–Crippen LogP) is 2.54. The minimum atomic E-state index is 0.0643. The van der Waals surface area contributed by atoms with Gasteiger partial charge in [0.15, 0.2) is 11.5 Å². The molecule has 0 unspecified atom stereocenters. The zero-order chi connectivity index (χ0) is 14.3. The number of amides is 1. The first kappa shape index (κ1) is 15.3. The number of carbonyl (C=O) groups is 1. The molecular weight excluding hydrogens is 242 g/mol. The number of carbonyl (C=O) groups excluding carboxylic acids is 1. The summed E-state index contributed by atoms with van der Waals surface area (Å²) in [5, 5.41) is 2.83. The van der Waals surface area contributed by atoms with Crippen LogP contribution in [0.2, 0.25) is 0 Å². The molecule has 1 amide bonds. The maximum Gasteiger partial charge on any atom is 0.220 e. The number of hydrogen-bond acceptors (Lipinski definition) is 3. The molecular formula is C15H23NO3. The third-order valence-electron chi connectivity index (χ3n) is 2.59. The van der Waals surface area contributed by atoms with Crippen molar-refractivity contribution in [1.29, 1.82) is 0 Å². The van der Waals surface area contributed by atoms with Gasteiger partial charge in [-0.3, -0.25) is 4.79 Å². The number of nitrogens with one attached hydrogen (secondary N) is 1. The first-order chi connectivity index (χ1) is 9.02. The lowest BCUT2D eigenvalue weighted by Crippen LogP contribution is -2.28. The van der Waals surface area contributed by atoms with Gasteiger partial charge in [-0.05, 0) is 30.5 Å². The van der Waals surface area contributed by atoms with Crippen LogP contribution >= 0.6 is 0 Å². The minimum Gasteiger partial charge on any atom is -0.493 e. The summed E-state index contributed by atoms with van der Waals surface area (Å²) >= 11 is 0. The molecule has 106 valence electrons. The highest BCUT2D eigenvalue weighted by molar-refractivity contribution is 5.75. The van der Waals surface area contributed by atoms with Crippen molar-refractivity contribution in [2.24, 2.45) is 5.92 Å². The molecule has 0 heterocycles. The van der Waals surface area contributed by atoms with Crippen LogP contribution in [0.5, 0.6) is 11.5 Å². The lowest BCUT2D eigenvalue weighted by atomic mass is 10.1. The first-order valence-corrected chi connectivity index (χ1v) is 6.57. The second-order valence-corrected chi connectivity index (χ2v) is 4.95. The van der Waals surface area contributed by atoms with E-state index in [2.05, 4.69) is 5.32 Å². The Balaban J connectivity index is 2.35. The van der Waals surface area contributed by atoms with Gasteiger partial charge in [0.2, 0.25) is 5.91 Å².